The number of amides is 1. The maximum Gasteiger partial charge on any atom is 0.273 e. The van der Waals surface area contributed by atoms with Gasteiger partial charge >= 0.3 is 0 Å². The topological polar surface area (TPSA) is 36.4 Å². The van der Waals surface area contributed by atoms with Crippen LogP contribution in [0.15, 0.2) is 5.38 Å². The van der Waals surface area contributed by atoms with Crippen molar-refractivity contribution in [1.29, 1.82) is 0 Å². The minimum absolute atomic E-state index is 0.0862. The minimum Gasteiger partial charge on any atom is -0.334 e. The standard InChI is InChI=1S/C15H25N3OS/c1-10(2)6-14-16-13(9-20-14)15(19)18-7-11(3)17(5)12(4)8-18/h9-12H,6-8H2,1-5H3/t11-,12+. The van der Waals surface area contributed by atoms with Crippen molar-refractivity contribution >= 4 is 17.2 Å². The number of nitrogens with zero attached hydrogens (tertiary/aromatic N) is 3. The van der Waals surface area contributed by atoms with Gasteiger partial charge in [-0.05, 0) is 26.8 Å². The molecule has 20 heavy (non-hydrogen) atoms. The van der Waals surface area contributed by atoms with Crippen LogP contribution in [0.4, 0.5) is 0 Å². The van der Waals surface area contributed by atoms with Crippen LogP contribution in [0.2, 0.25) is 0 Å². The molecule has 0 aromatic carbocycles. The molecular formula is C15H25N3OS. The molecule has 5 heteroatoms. The van der Waals surface area contributed by atoms with Crippen LogP contribution in [0.1, 0.15) is 43.2 Å². The van der Waals surface area contributed by atoms with E-state index in [-0.39, 0.29) is 5.91 Å². The molecule has 0 spiro atoms. The Balaban J connectivity index is 2.05. The number of carbonyl (C=O) groups is 1. The maximum absolute atomic E-state index is 12.5. The molecule has 1 saturated heterocycles. The predicted octanol–water partition coefficient (Wildman–Crippen LogP) is 2.51. The second-order valence-electron chi connectivity index (χ2n) is 6.30. The Hall–Kier alpha value is -0.940. The first kappa shape index (κ1) is 15.4. The zero-order chi connectivity index (χ0) is 14.9. The lowest BCUT2D eigenvalue weighted by Gasteiger charge is -2.42. The van der Waals surface area contributed by atoms with Crippen LogP contribution in [-0.2, 0) is 6.42 Å². The molecule has 2 heterocycles. The lowest BCUT2D eigenvalue weighted by atomic mass is 10.1. The van der Waals surface area contributed by atoms with Gasteiger partial charge in [0.15, 0.2) is 0 Å². The number of rotatable bonds is 3. The number of piperazine rings is 1. The van der Waals surface area contributed by atoms with E-state index in [4.69, 9.17) is 0 Å². The van der Waals surface area contributed by atoms with Crippen LogP contribution in [-0.4, -0.2) is 52.9 Å². The van der Waals surface area contributed by atoms with Crippen molar-refractivity contribution < 1.29 is 4.79 Å². The van der Waals surface area contributed by atoms with Crippen molar-refractivity contribution in [3.05, 3.63) is 16.1 Å². The maximum atomic E-state index is 12.5. The van der Waals surface area contributed by atoms with Crippen molar-refractivity contribution in [2.45, 2.75) is 46.2 Å². The molecule has 2 atom stereocenters. The summed E-state index contributed by atoms with van der Waals surface area (Å²) in [6.07, 6.45) is 0.952. The molecular weight excluding hydrogens is 270 g/mol. The molecule has 1 aromatic rings. The van der Waals surface area contributed by atoms with Gasteiger partial charge in [0, 0.05) is 37.0 Å². The highest BCUT2D eigenvalue weighted by atomic mass is 32.1. The molecule has 0 radical (unpaired) electrons. The Morgan fingerprint density at radius 2 is 2.00 bits per heavy atom. The molecule has 0 unspecified atom stereocenters. The molecule has 2 rings (SSSR count). The van der Waals surface area contributed by atoms with Gasteiger partial charge in [0.05, 0.1) is 5.01 Å². The number of likely N-dealkylation sites (N-methyl/N-ethyl adjacent to an activating group) is 1. The number of aromatic nitrogens is 1. The smallest absolute Gasteiger partial charge is 0.273 e. The SMILES string of the molecule is CC(C)Cc1nc(C(=O)N2C[C@@H](C)N(C)[C@@H](C)C2)cs1. The average Bonchev–Trinajstić information content (AvgIpc) is 2.82. The summed E-state index contributed by atoms with van der Waals surface area (Å²) in [4.78, 5) is 21.3. The van der Waals surface area contributed by atoms with E-state index in [1.165, 1.54) is 0 Å². The Morgan fingerprint density at radius 3 is 2.55 bits per heavy atom. The van der Waals surface area contributed by atoms with Crippen molar-refractivity contribution in [2.75, 3.05) is 20.1 Å². The third kappa shape index (κ3) is 3.38. The number of hydrogen-bond donors (Lipinski definition) is 0. The van der Waals surface area contributed by atoms with Crippen LogP contribution < -0.4 is 0 Å². The van der Waals surface area contributed by atoms with Crippen LogP contribution in [0, 0.1) is 5.92 Å². The Morgan fingerprint density at radius 1 is 1.40 bits per heavy atom. The van der Waals surface area contributed by atoms with E-state index in [0.717, 1.165) is 24.5 Å². The van der Waals surface area contributed by atoms with Gasteiger partial charge in [-0.2, -0.15) is 0 Å². The van der Waals surface area contributed by atoms with Gasteiger partial charge in [-0.3, -0.25) is 9.69 Å². The molecule has 1 aliphatic rings. The van der Waals surface area contributed by atoms with E-state index >= 15 is 0 Å². The van der Waals surface area contributed by atoms with Gasteiger partial charge in [-0.25, -0.2) is 4.98 Å². The number of carbonyl (C=O) groups excluding carboxylic acids is 1. The molecule has 0 aliphatic carbocycles. The molecule has 0 bridgehead atoms. The quantitative estimate of drug-likeness (QED) is 0.859. The fourth-order valence-corrected chi connectivity index (χ4v) is 3.57. The van der Waals surface area contributed by atoms with E-state index < -0.39 is 0 Å². The van der Waals surface area contributed by atoms with E-state index in [0.29, 0.717) is 23.7 Å². The van der Waals surface area contributed by atoms with E-state index in [1.807, 2.05) is 10.3 Å². The number of thiazole rings is 1. The molecule has 112 valence electrons. The second kappa shape index (κ2) is 6.22. The van der Waals surface area contributed by atoms with Crippen LogP contribution in [0.3, 0.4) is 0 Å². The monoisotopic (exact) mass is 295 g/mol. The van der Waals surface area contributed by atoms with Gasteiger partial charge in [0.2, 0.25) is 0 Å². The molecule has 0 saturated carbocycles. The first-order chi connectivity index (χ1) is 9.38. The highest BCUT2D eigenvalue weighted by molar-refractivity contribution is 7.09. The summed E-state index contributed by atoms with van der Waals surface area (Å²) < 4.78 is 0. The van der Waals surface area contributed by atoms with E-state index in [2.05, 4.69) is 44.6 Å². The summed E-state index contributed by atoms with van der Waals surface area (Å²) in [6.45, 7) is 10.3. The Labute approximate surface area is 125 Å². The minimum atomic E-state index is 0.0862. The fraction of sp³-hybridized carbons (Fsp3) is 0.733. The predicted molar refractivity (Wildman–Crippen MR) is 83.2 cm³/mol. The van der Waals surface area contributed by atoms with Crippen molar-refractivity contribution in [2.24, 2.45) is 5.92 Å². The molecule has 1 aliphatic heterocycles. The Bertz CT molecular complexity index is 459. The zero-order valence-electron chi connectivity index (χ0n) is 13.1. The van der Waals surface area contributed by atoms with Gasteiger partial charge in [0.1, 0.15) is 5.69 Å². The third-order valence-electron chi connectivity index (χ3n) is 4.00. The lowest BCUT2D eigenvalue weighted by Crippen LogP contribution is -2.56. The second-order valence-corrected chi connectivity index (χ2v) is 7.24. The molecule has 4 nitrogen and oxygen atoms in total. The molecule has 1 aromatic heterocycles. The first-order valence-corrected chi connectivity index (χ1v) is 8.22. The summed E-state index contributed by atoms with van der Waals surface area (Å²) >= 11 is 1.60. The summed E-state index contributed by atoms with van der Waals surface area (Å²) in [5.74, 6) is 0.663. The van der Waals surface area contributed by atoms with Crippen molar-refractivity contribution in [3.63, 3.8) is 0 Å². The van der Waals surface area contributed by atoms with Crippen LogP contribution >= 0.6 is 11.3 Å². The molecule has 0 N–H and O–H groups in total. The first-order valence-electron chi connectivity index (χ1n) is 7.34. The zero-order valence-corrected chi connectivity index (χ0v) is 13.9. The average molecular weight is 295 g/mol. The number of hydrogen-bond acceptors (Lipinski definition) is 4. The van der Waals surface area contributed by atoms with E-state index in [9.17, 15) is 4.79 Å². The lowest BCUT2D eigenvalue weighted by molar-refractivity contribution is 0.0410. The van der Waals surface area contributed by atoms with Crippen molar-refractivity contribution in [1.82, 2.24) is 14.8 Å². The highest BCUT2D eigenvalue weighted by Crippen LogP contribution is 2.19. The highest BCUT2D eigenvalue weighted by Gasteiger charge is 2.30. The summed E-state index contributed by atoms with van der Waals surface area (Å²) in [6, 6.07) is 0.799. The largest absolute Gasteiger partial charge is 0.334 e. The molecule has 1 amide bonds. The Kier molecular flexibility index (Phi) is 4.81. The summed E-state index contributed by atoms with van der Waals surface area (Å²) in [5, 5.41) is 2.98. The normalized spacial score (nSPS) is 24.4. The fourth-order valence-electron chi connectivity index (χ4n) is 2.58. The summed E-state index contributed by atoms with van der Waals surface area (Å²) in [5.41, 5.74) is 0.620. The molecule has 1 fully saturated rings. The van der Waals surface area contributed by atoms with Gasteiger partial charge in [0.25, 0.3) is 5.91 Å². The van der Waals surface area contributed by atoms with Gasteiger partial charge in [-0.1, -0.05) is 13.8 Å². The van der Waals surface area contributed by atoms with Crippen LogP contribution in [0.25, 0.3) is 0 Å². The van der Waals surface area contributed by atoms with Crippen LogP contribution in [0.5, 0.6) is 0 Å². The third-order valence-corrected chi connectivity index (χ3v) is 4.87. The van der Waals surface area contributed by atoms with Gasteiger partial charge < -0.3 is 4.90 Å². The van der Waals surface area contributed by atoms with Gasteiger partial charge in [-0.15, -0.1) is 11.3 Å². The van der Waals surface area contributed by atoms with E-state index in [1.54, 1.807) is 11.3 Å². The summed E-state index contributed by atoms with van der Waals surface area (Å²) in [7, 11) is 2.13. The van der Waals surface area contributed by atoms with Crippen molar-refractivity contribution in [3.8, 4) is 0 Å².